The van der Waals surface area contributed by atoms with E-state index in [-0.39, 0.29) is 34.8 Å². The van der Waals surface area contributed by atoms with Gasteiger partial charge in [-0.3, -0.25) is 0 Å². The van der Waals surface area contributed by atoms with Crippen molar-refractivity contribution in [2.75, 3.05) is 0 Å². The molecule has 0 aromatic carbocycles. The van der Waals surface area contributed by atoms with E-state index in [4.69, 9.17) is 15.3 Å². The van der Waals surface area contributed by atoms with Crippen LogP contribution in [0.15, 0.2) is 0 Å². The fraction of sp³-hybridized carbons (Fsp3) is 0. The van der Waals surface area contributed by atoms with Crippen molar-refractivity contribution in [1.29, 1.82) is 0 Å². The number of halogens is 1. The molecule has 0 saturated carbocycles. The van der Waals surface area contributed by atoms with Gasteiger partial charge in [0, 0.05) is 22.4 Å². The van der Waals surface area contributed by atoms with E-state index in [0.29, 0.717) is 0 Å². The van der Waals surface area contributed by atoms with E-state index in [2.05, 4.69) is 0 Å². The fourth-order valence-corrected chi connectivity index (χ4v) is 0. The third-order valence-electron chi connectivity index (χ3n) is 0. The summed E-state index contributed by atoms with van der Waals surface area (Å²) in [7, 11) is 0. The zero-order valence-electron chi connectivity index (χ0n) is 2.42. The molecule has 0 aliphatic heterocycles. The number of nitrogens with zero attached hydrogens (tertiary/aromatic N) is 1. The average Bonchev–Trinajstić information content (AvgIpc) is 0.811. The zero-order chi connectivity index (χ0) is 3.58. The molecule has 0 spiro atoms. The Morgan fingerprint density at radius 1 is 1.67 bits per heavy atom. The van der Waals surface area contributed by atoms with Crippen LogP contribution < -0.4 is 0 Å². The normalized spacial score (nSPS) is 4.00. The van der Waals surface area contributed by atoms with Crippen LogP contribution in [0.25, 0.3) is 0 Å². The minimum atomic E-state index is -1.50. The Hall–Kier alpha value is 0.230. The summed E-state index contributed by atoms with van der Waals surface area (Å²) in [5.41, 5.74) is 0. The second-order valence-electron chi connectivity index (χ2n) is 0.238. The summed E-state index contributed by atoms with van der Waals surface area (Å²) in [5, 5.41) is 13.6. The van der Waals surface area contributed by atoms with Crippen molar-refractivity contribution < 1.29 is 32.7 Å². The van der Waals surface area contributed by atoms with E-state index < -0.39 is 5.09 Å². The van der Waals surface area contributed by atoms with Gasteiger partial charge < -0.3 is 5.21 Å². The minimum absolute atomic E-state index is 0. The van der Waals surface area contributed by atoms with Crippen molar-refractivity contribution in [3.8, 4) is 0 Å². The molecule has 1 radical (unpaired) electrons. The summed E-state index contributed by atoms with van der Waals surface area (Å²) in [4.78, 5) is 8.36. The Morgan fingerprint density at radius 3 is 1.67 bits per heavy atom. The van der Waals surface area contributed by atoms with E-state index in [1.807, 2.05) is 0 Å². The van der Waals surface area contributed by atoms with E-state index in [0.717, 1.165) is 0 Å². The molecule has 0 saturated heterocycles. The molecule has 1 N–H and O–H groups in total. The summed E-state index contributed by atoms with van der Waals surface area (Å²) in [6.45, 7) is 0. The average molecular weight is 207 g/mol. The smallest absolute Gasteiger partial charge is 0.291 e. The van der Waals surface area contributed by atoms with Gasteiger partial charge in [-0.05, 0) is 0 Å². The molecule has 6 heavy (non-hydrogen) atoms. The molecule has 4 nitrogen and oxygen atoms in total. The number of hydrogen-bond donors (Lipinski definition) is 1. The first-order valence-electron chi connectivity index (χ1n) is 0.565. The Balaban J connectivity index is -0.0000000450. The molecule has 0 atom stereocenters. The molecule has 0 fully saturated rings. The third kappa shape index (κ3) is 833. The summed E-state index contributed by atoms with van der Waals surface area (Å²) >= 11 is 0. The van der Waals surface area contributed by atoms with Crippen molar-refractivity contribution in [3.63, 3.8) is 0 Å². The molecule has 0 unspecified atom stereocenters. The predicted octanol–water partition coefficient (Wildman–Crippen LogP) is 0.0716. The van der Waals surface area contributed by atoms with Crippen LogP contribution in [0.1, 0.15) is 0 Å². The Morgan fingerprint density at radius 2 is 1.67 bits per heavy atom. The second kappa shape index (κ2) is 8.97. The number of hydrogen-bond acceptors (Lipinski definition) is 2. The van der Waals surface area contributed by atoms with Crippen molar-refractivity contribution in [1.82, 2.24) is 0 Å². The van der Waals surface area contributed by atoms with E-state index >= 15 is 0 Å². The molecule has 6 heteroatoms. The van der Waals surface area contributed by atoms with Gasteiger partial charge in [-0.25, -0.2) is 0 Å². The van der Waals surface area contributed by atoms with Gasteiger partial charge in [0.1, 0.15) is 0 Å². The van der Waals surface area contributed by atoms with Crippen molar-refractivity contribution >= 4 is 12.4 Å². The SMILES string of the molecule is Cl.O=[N+]([O-])O.[Ag]. The van der Waals surface area contributed by atoms with Gasteiger partial charge in [0.2, 0.25) is 0 Å². The van der Waals surface area contributed by atoms with E-state index in [9.17, 15) is 0 Å². The van der Waals surface area contributed by atoms with Gasteiger partial charge in [0.15, 0.2) is 0 Å². The monoisotopic (exact) mass is 206 g/mol. The molecule has 43 valence electrons. The van der Waals surface area contributed by atoms with Gasteiger partial charge in [-0.1, -0.05) is 0 Å². The van der Waals surface area contributed by atoms with Gasteiger partial charge in [-0.15, -0.1) is 22.5 Å². The topological polar surface area (TPSA) is 63.4 Å². The standard InChI is InChI=1S/Ag.ClH.HNO3/c;;2-1(3)4/h;1H;(H,2,3,4). The van der Waals surface area contributed by atoms with Crippen molar-refractivity contribution in [2.45, 2.75) is 0 Å². The molecule has 0 rings (SSSR count). The molecule has 0 aromatic rings. The van der Waals surface area contributed by atoms with Gasteiger partial charge >= 0.3 is 0 Å². The van der Waals surface area contributed by atoms with Crippen molar-refractivity contribution in [3.05, 3.63) is 10.1 Å². The number of rotatable bonds is 0. The summed E-state index contributed by atoms with van der Waals surface area (Å²) in [6.07, 6.45) is 0. The van der Waals surface area contributed by atoms with Crippen LogP contribution in [0, 0.1) is 10.1 Å². The van der Waals surface area contributed by atoms with E-state index in [1.54, 1.807) is 0 Å². The van der Waals surface area contributed by atoms with Crippen molar-refractivity contribution in [2.24, 2.45) is 0 Å². The maximum Gasteiger partial charge on any atom is 0.291 e. The third-order valence-corrected chi connectivity index (χ3v) is 0. The van der Waals surface area contributed by atoms with Crippen LogP contribution in [0.5, 0.6) is 0 Å². The zero-order valence-corrected chi connectivity index (χ0v) is 4.72. The second-order valence-corrected chi connectivity index (χ2v) is 0.238. The van der Waals surface area contributed by atoms with Gasteiger partial charge in [-0.2, -0.15) is 0 Å². The van der Waals surface area contributed by atoms with E-state index in [1.165, 1.54) is 0 Å². The molecule has 0 aliphatic carbocycles. The molecular weight excluding hydrogens is 205 g/mol. The van der Waals surface area contributed by atoms with Crippen LogP contribution in [-0.2, 0) is 22.4 Å². The summed E-state index contributed by atoms with van der Waals surface area (Å²) in [5.74, 6) is 0. The fourth-order valence-electron chi connectivity index (χ4n) is 0. The van der Waals surface area contributed by atoms with Gasteiger partial charge in [0.25, 0.3) is 5.09 Å². The molecular formula is H2AgClNO3. The summed E-state index contributed by atoms with van der Waals surface area (Å²) < 4.78 is 0. The molecule has 0 bridgehead atoms. The quantitative estimate of drug-likeness (QED) is 0.347. The molecule has 0 aliphatic rings. The first-order chi connectivity index (χ1) is 1.73. The Bertz CT molecular complexity index is 33.8. The maximum atomic E-state index is 8.36. The maximum absolute atomic E-state index is 8.36. The van der Waals surface area contributed by atoms with Crippen LogP contribution in [-0.4, -0.2) is 10.3 Å². The van der Waals surface area contributed by atoms with Crippen LogP contribution in [0.3, 0.4) is 0 Å². The van der Waals surface area contributed by atoms with Crippen LogP contribution >= 0.6 is 12.4 Å². The molecule has 0 heterocycles. The first kappa shape index (κ1) is 16.3. The minimum Gasteiger partial charge on any atom is -0.328 e. The Kier molecular flexibility index (Phi) is 24.4. The Labute approximate surface area is 55.6 Å². The van der Waals surface area contributed by atoms with Gasteiger partial charge in [0.05, 0.1) is 0 Å². The van der Waals surface area contributed by atoms with Crippen LogP contribution in [0.2, 0.25) is 0 Å². The predicted molar refractivity (Wildman–Crippen MR) is 16.0 cm³/mol. The first-order valence-corrected chi connectivity index (χ1v) is 0.565. The largest absolute Gasteiger partial charge is 0.328 e. The summed E-state index contributed by atoms with van der Waals surface area (Å²) in [6, 6.07) is 0. The van der Waals surface area contributed by atoms with Crippen LogP contribution in [0.4, 0.5) is 0 Å². The molecule has 0 amide bonds. The molecule has 0 aromatic heterocycles.